The first-order valence-corrected chi connectivity index (χ1v) is 8.81. The van der Waals surface area contributed by atoms with Crippen molar-refractivity contribution in [3.8, 4) is 5.75 Å². The van der Waals surface area contributed by atoms with E-state index in [1.807, 2.05) is 24.3 Å². The van der Waals surface area contributed by atoms with E-state index in [-0.39, 0.29) is 11.7 Å². The van der Waals surface area contributed by atoms with Crippen LogP contribution in [0.4, 0.5) is 0 Å². The van der Waals surface area contributed by atoms with E-state index in [1.165, 1.54) is 26.1 Å². The molecule has 0 radical (unpaired) electrons. The molecule has 0 saturated carbocycles. The number of amides is 1. The average Bonchev–Trinajstić information content (AvgIpc) is 3.10. The Morgan fingerprint density at radius 3 is 2.74 bits per heavy atom. The third kappa shape index (κ3) is 2.69. The molecule has 3 nitrogen and oxygen atoms in total. The molecule has 4 rings (SSSR count). The van der Waals surface area contributed by atoms with Gasteiger partial charge in [0, 0.05) is 21.3 Å². The lowest BCUT2D eigenvalue weighted by Gasteiger charge is -2.04. The maximum Gasteiger partial charge on any atom is 0.261 e. The zero-order chi connectivity index (χ0) is 15.8. The molecule has 2 heterocycles. The fourth-order valence-electron chi connectivity index (χ4n) is 2.55. The third-order valence-corrected chi connectivity index (χ3v) is 6.05. The van der Waals surface area contributed by atoms with Crippen LogP contribution in [0, 0.1) is 0 Å². The second kappa shape index (κ2) is 5.68. The number of phenols is 1. The summed E-state index contributed by atoms with van der Waals surface area (Å²) in [6, 6.07) is 17.1. The van der Waals surface area contributed by atoms with Gasteiger partial charge in [0.1, 0.15) is 5.75 Å². The molecule has 114 valence electrons. The Bertz CT molecular complexity index is 1020. The minimum atomic E-state index is -0.0779. The summed E-state index contributed by atoms with van der Waals surface area (Å²) in [5.41, 5.74) is 0.877. The maximum atomic E-state index is 12.3. The van der Waals surface area contributed by atoms with E-state index >= 15 is 0 Å². The van der Waals surface area contributed by atoms with Crippen LogP contribution in [0.3, 0.4) is 0 Å². The topological polar surface area (TPSA) is 49.3 Å². The van der Waals surface area contributed by atoms with Gasteiger partial charge >= 0.3 is 0 Å². The maximum absolute atomic E-state index is 12.3. The van der Waals surface area contributed by atoms with Gasteiger partial charge in [-0.05, 0) is 29.8 Å². The molecule has 0 fully saturated rings. The van der Waals surface area contributed by atoms with Gasteiger partial charge in [-0.2, -0.15) is 0 Å². The highest BCUT2D eigenvalue weighted by atomic mass is 32.1. The fourth-order valence-corrected chi connectivity index (χ4v) is 4.99. The quantitative estimate of drug-likeness (QED) is 0.566. The van der Waals surface area contributed by atoms with Crippen molar-refractivity contribution in [2.24, 2.45) is 0 Å². The normalized spacial score (nSPS) is 11.1. The predicted octanol–water partition coefficient (Wildman–Crippen LogP) is 4.75. The number of rotatable bonds is 3. The first-order chi connectivity index (χ1) is 11.2. The summed E-state index contributed by atoms with van der Waals surface area (Å²) < 4.78 is 3.58. The largest absolute Gasteiger partial charge is 0.508 e. The second-order valence-electron chi connectivity index (χ2n) is 5.25. The number of aromatic hydroxyl groups is 1. The number of phenolic OH excluding ortho intramolecular Hbond substituents is 1. The highest BCUT2D eigenvalue weighted by Crippen LogP contribution is 2.39. The van der Waals surface area contributed by atoms with E-state index in [0.29, 0.717) is 6.54 Å². The van der Waals surface area contributed by atoms with Crippen LogP contribution in [-0.2, 0) is 6.54 Å². The monoisotopic (exact) mass is 339 g/mol. The number of hydrogen-bond donors (Lipinski definition) is 2. The van der Waals surface area contributed by atoms with E-state index in [4.69, 9.17) is 0 Å². The molecule has 0 saturated heterocycles. The van der Waals surface area contributed by atoms with Crippen LogP contribution in [0.25, 0.3) is 19.5 Å². The zero-order valence-electron chi connectivity index (χ0n) is 12.1. The second-order valence-corrected chi connectivity index (χ2v) is 7.39. The molecule has 2 N–H and O–H groups in total. The van der Waals surface area contributed by atoms with Gasteiger partial charge in [0.2, 0.25) is 0 Å². The molecule has 0 bridgehead atoms. The highest BCUT2D eigenvalue weighted by molar-refractivity contribution is 7.33. The molecule has 0 aliphatic rings. The van der Waals surface area contributed by atoms with Crippen molar-refractivity contribution in [3.63, 3.8) is 0 Å². The molecular formula is C18H13NO2S2. The summed E-state index contributed by atoms with van der Waals surface area (Å²) in [7, 11) is 0. The number of thiophene rings is 2. The Balaban J connectivity index is 1.57. The highest BCUT2D eigenvalue weighted by Gasteiger charge is 2.14. The van der Waals surface area contributed by atoms with Crippen molar-refractivity contribution >= 4 is 48.1 Å². The Morgan fingerprint density at radius 1 is 1.00 bits per heavy atom. The van der Waals surface area contributed by atoms with Gasteiger partial charge in [-0.3, -0.25) is 4.79 Å². The number of hydrogen-bond acceptors (Lipinski definition) is 4. The summed E-state index contributed by atoms with van der Waals surface area (Å²) in [6.07, 6.45) is 0. The number of benzene rings is 2. The minimum Gasteiger partial charge on any atom is -0.508 e. The van der Waals surface area contributed by atoms with Gasteiger partial charge in [-0.25, -0.2) is 0 Å². The van der Waals surface area contributed by atoms with Crippen molar-refractivity contribution < 1.29 is 9.90 Å². The first kappa shape index (κ1) is 14.2. The minimum absolute atomic E-state index is 0.0779. The van der Waals surface area contributed by atoms with Crippen LogP contribution in [0.15, 0.2) is 54.6 Å². The van der Waals surface area contributed by atoms with Crippen LogP contribution in [0.2, 0.25) is 0 Å². The molecule has 2 aromatic heterocycles. The lowest BCUT2D eigenvalue weighted by molar-refractivity contribution is 0.0955. The SMILES string of the molecule is O=C(NCc1cccc(O)c1)c1cc2sc3ccccc3c2s1. The van der Waals surface area contributed by atoms with E-state index in [1.54, 1.807) is 29.5 Å². The third-order valence-electron chi connectivity index (χ3n) is 3.64. The average molecular weight is 339 g/mol. The lowest BCUT2D eigenvalue weighted by atomic mass is 10.2. The summed E-state index contributed by atoms with van der Waals surface area (Å²) in [6.45, 7) is 0.402. The van der Waals surface area contributed by atoms with Crippen molar-refractivity contribution in [2.45, 2.75) is 6.54 Å². The molecule has 0 spiro atoms. The molecule has 0 atom stereocenters. The van der Waals surface area contributed by atoms with Gasteiger partial charge in [0.05, 0.1) is 9.58 Å². The van der Waals surface area contributed by atoms with E-state index in [9.17, 15) is 9.90 Å². The van der Waals surface area contributed by atoms with Crippen LogP contribution < -0.4 is 5.32 Å². The number of fused-ring (bicyclic) bond motifs is 3. The molecule has 2 aromatic carbocycles. The number of nitrogens with one attached hydrogen (secondary N) is 1. The number of carbonyl (C=O) groups is 1. The van der Waals surface area contributed by atoms with E-state index in [0.717, 1.165) is 15.1 Å². The van der Waals surface area contributed by atoms with Gasteiger partial charge in [-0.1, -0.05) is 30.3 Å². The van der Waals surface area contributed by atoms with Gasteiger partial charge in [0.25, 0.3) is 5.91 Å². The summed E-state index contributed by atoms with van der Waals surface area (Å²) in [5.74, 6) is 0.130. The smallest absolute Gasteiger partial charge is 0.261 e. The summed E-state index contributed by atoms with van der Waals surface area (Å²) in [5, 5.41) is 13.6. The lowest BCUT2D eigenvalue weighted by Crippen LogP contribution is -2.21. The molecule has 5 heteroatoms. The van der Waals surface area contributed by atoms with Crippen LogP contribution in [0.1, 0.15) is 15.2 Å². The Labute approximate surface area is 140 Å². The molecular weight excluding hydrogens is 326 g/mol. The molecule has 4 aromatic rings. The fraction of sp³-hybridized carbons (Fsp3) is 0.0556. The van der Waals surface area contributed by atoms with Crippen molar-refractivity contribution in [1.29, 1.82) is 0 Å². The molecule has 23 heavy (non-hydrogen) atoms. The standard InChI is InChI=1S/C18H13NO2S2/c20-12-5-3-4-11(8-12)10-19-18(21)16-9-15-17(23-16)13-6-1-2-7-14(13)22-15/h1-9,20H,10H2,(H,19,21). The molecule has 0 unspecified atom stereocenters. The van der Waals surface area contributed by atoms with E-state index in [2.05, 4.69) is 17.4 Å². The van der Waals surface area contributed by atoms with Crippen molar-refractivity contribution in [1.82, 2.24) is 5.32 Å². The van der Waals surface area contributed by atoms with Crippen LogP contribution in [-0.4, -0.2) is 11.0 Å². The molecule has 0 aliphatic carbocycles. The van der Waals surface area contributed by atoms with Crippen molar-refractivity contribution in [2.75, 3.05) is 0 Å². The number of carbonyl (C=O) groups excluding carboxylic acids is 1. The Hall–Kier alpha value is -2.37. The first-order valence-electron chi connectivity index (χ1n) is 7.18. The van der Waals surface area contributed by atoms with Gasteiger partial charge < -0.3 is 10.4 Å². The van der Waals surface area contributed by atoms with Crippen LogP contribution in [0.5, 0.6) is 5.75 Å². The van der Waals surface area contributed by atoms with Gasteiger partial charge in [-0.15, -0.1) is 22.7 Å². The molecule has 1 amide bonds. The Morgan fingerprint density at radius 2 is 1.87 bits per heavy atom. The van der Waals surface area contributed by atoms with Crippen molar-refractivity contribution in [3.05, 3.63) is 65.0 Å². The van der Waals surface area contributed by atoms with Crippen LogP contribution >= 0.6 is 22.7 Å². The zero-order valence-corrected chi connectivity index (χ0v) is 13.7. The summed E-state index contributed by atoms with van der Waals surface area (Å²) in [4.78, 5) is 13.1. The van der Waals surface area contributed by atoms with E-state index < -0.39 is 0 Å². The Kier molecular flexibility index (Phi) is 3.52. The summed E-state index contributed by atoms with van der Waals surface area (Å²) >= 11 is 3.24. The van der Waals surface area contributed by atoms with Gasteiger partial charge in [0.15, 0.2) is 0 Å². The predicted molar refractivity (Wildman–Crippen MR) is 96.5 cm³/mol. The molecule has 0 aliphatic heterocycles.